The van der Waals surface area contributed by atoms with Crippen molar-refractivity contribution >= 4 is 55.0 Å². The highest BCUT2D eigenvalue weighted by atomic mass is 79.9. The molecule has 0 amide bonds. The minimum atomic E-state index is -0.0691. The molecular formula is C25H22BrN3O3S2. The molecular weight excluding hydrogens is 534 g/mol. The van der Waals surface area contributed by atoms with Crippen LogP contribution < -0.4 is 10.3 Å². The van der Waals surface area contributed by atoms with Crippen molar-refractivity contribution in [1.82, 2.24) is 14.5 Å². The van der Waals surface area contributed by atoms with Gasteiger partial charge in [-0.05, 0) is 65.3 Å². The topological polar surface area (TPSA) is 64.4 Å². The molecule has 9 heteroatoms. The standard InChI is InChI=1S/C25H22BrN3O3S2/c1-28-11-10-17-21(13-28)34-23-22(17)24(31)29(16-6-4-3-5-7-16)25(27-23)33-14-19(30)15-8-9-20(32-2)18(26)12-15/h3-9,12H,10-11,13-14H2,1-2H3. The third kappa shape index (κ3) is 4.33. The van der Waals surface area contributed by atoms with Crippen LogP contribution >= 0.6 is 39.0 Å². The van der Waals surface area contributed by atoms with Gasteiger partial charge in [-0.15, -0.1) is 11.3 Å². The first-order chi connectivity index (χ1) is 16.5. The van der Waals surface area contributed by atoms with Crippen LogP contribution in [0.4, 0.5) is 0 Å². The van der Waals surface area contributed by atoms with E-state index in [0.717, 1.165) is 40.1 Å². The van der Waals surface area contributed by atoms with Gasteiger partial charge in [-0.2, -0.15) is 0 Å². The van der Waals surface area contributed by atoms with E-state index in [0.29, 0.717) is 21.9 Å². The number of likely N-dealkylation sites (N-methyl/N-ethyl adjacent to an activating group) is 1. The van der Waals surface area contributed by atoms with Gasteiger partial charge in [0, 0.05) is 23.5 Å². The summed E-state index contributed by atoms with van der Waals surface area (Å²) in [4.78, 5) is 35.9. The van der Waals surface area contributed by atoms with Crippen LogP contribution in [0.1, 0.15) is 20.8 Å². The van der Waals surface area contributed by atoms with Crippen LogP contribution in [-0.2, 0) is 13.0 Å². The minimum absolute atomic E-state index is 0.0468. The van der Waals surface area contributed by atoms with Gasteiger partial charge in [0.05, 0.1) is 28.4 Å². The van der Waals surface area contributed by atoms with E-state index >= 15 is 0 Å². The Labute approximate surface area is 213 Å². The molecule has 0 bridgehead atoms. The molecule has 0 saturated carbocycles. The molecule has 1 aliphatic heterocycles. The van der Waals surface area contributed by atoms with E-state index in [9.17, 15) is 9.59 Å². The maximum Gasteiger partial charge on any atom is 0.267 e. The van der Waals surface area contributed by atoms with Crippen molar-refractivity contribution < 1.29 is 9.53 Å². The van der Waals surface area contributed by atoms with Crippen LogP contribution in [0.25, 0.3) is 15.9 Å². The molecule has 1 aliphatic rings. The summed E-state index contributed by atoms with van der Waals surface area (Å²) >= 11 is 6.31. The first-order valence-corrected chi connectivity index (χ1v) is 13.4. The van der Waals surface area contributed by atoms with Crippen molar-refractivity contribution in [2.75, 3.05) is 26.5 Å². The van der Waals surface area contributed by atoms with Crippen LogP contribution in [0.3, 0.4) is 0 Å². The summed E-state index contributed by atoms with van der Waals surface area (Å²) in [5.41, 5.74) is 2.37. The highest BCUT2D eigenvalue weighted by molar-refractivity contribution is 9.10. The lowest BCUT2D eigenvalue weighted by Gasteiger charge is -2.21. The second-order valence-corrected chi connectivity index (χ2v) is 11.0. The molecule has 0 atom stereocenters. The molecule has 5 rings (SSSR count). The Morgan fingerprint density at radius 1 is 1.24 bits per heavy atom. The molecule has 0 N–H and O–H groups in total. The van der Waals surface area contributed by atoms with Crippen molar-refractivity contribution in [2.24, 2.45) is 0 Å². The van der Waals surface area contributed by atoms with E-state index in [-0.39, 0.29) is 17.1 Å². The fraction of sp³-hybridized carbons (Fsp3) is 0.240. The Morgan fingerprint density at radius 3 is 2.76 bits per heavy atom. The summed E-state index contributed by atoms with van der Waals surface area (Å²) in [6.45, 7) is 1.75. The number of aromatic nitrogens is 2. The molecule has 0 spiro atoms. The maximum atomic E-state index is 13.8. The van der Waals surface area contributed by atoms with E-state index in [1.165, 1.54) is 16.6 Å². The second kappa shape index (κ2) is 9.65. The number of ether oxygens (including phenoxy) is 1. The zero-order valence-corrected chi connectivity index (χ0v) is 21.9. The predicted octanol–water partition coefficient (Wildman–Crippen LogP) is 5.18. The average molecular weight is 557 g/mol. The molecule has 0 saturated heterocycles. The maximum absolute atomic E-state index is 13.8. The predicted molar refractivity (Wildman–Crippen MR) is 141 cm³/mol. The van der Waals surface area contributed by atoms with Gasteiger partial charge in [0.1, 0.15) is 10.6 Å². The SMILES string of the molecule is COc1ccc(C(=O)CSc2nc3sc4c(c3c(=O)n2-c2ccccc2)CCN(C)C4)cc1Br. The molecule has 3 heterocycles. The van der Waals surface area contributed by atoms with E-state index in [2.05, 4.69) is 27.9 Å². The quantitative estimate of drug-likeness (QED) is 0.185. The van der Waals surface area contributed by atoms with Gasteiger partial charge in [0.25, 0.3) is 5.56 Å². The Hall–Kier alpha value is -2.46. The van der Waals surface area contributed by atoms with Crippen LogP contribution in [0.15, 0.2) is 63.0 Å². The third-order valence-corrected chi connectivity index (χ3v) is 8.52. The van der Waals surface area contributed by atoms with Gasteiger partial charge in [-0.1, -0.05) is 30.0 Å². The van der Waals surface area contributed by atoms with E-state index < -0.39 is 0 Å². The molecule has 4 aromatic rings. The number of fused-ring (bicyclic) bond motifs is 3. The second-order valence-electron chi connectivity index (χ2n) is 8.10. The lowest BCUT2D eigenvalue weighted by atomic mass is 10.1. The number of ketones is 1. The summed E-state index contributed by atoms with van der Waals surface area (Å²) in [6.07, 6.45) is 0.842. The molecule has 0 aliphatic carbocycles. The van der Waals surface area contributed by atoms with Crippen LogP contribution in [0, 0.1) is 0 Å². The summed E-state index contributed by atoms with van der Waals surface area (Å²) < 4.78 is 7.63. The van der Waals surface area contributed by atoms with Gasteiger partial charge in [0.15, 0.2) is 10.9 Å². The van der Waals surface area contributed by atoms with Crippen molar-refractivity contribution in [3.63, 3.8) is 0 Å². The molecule has 174 valence electrons. The molecule has 0 unspecified atom stereocenters. The monoisotopic (exact) mass is 555 g/mol. The number of rotatable bonds is 6. The number of para-hydroxylation sites is 1. The molecule has 0 fully saturated rings. The molecule has 6 nitrogen and oxygen atoms in total. The molecule has 0 radical (unpaired) electrons. The number of thioether (sulfide) groups is 1. The number of halogens is 1. The fourth-order valence-electron chi connectivity index (χ4n) is 4.11. The number of Topliss-reactive ketones (excluding diaryl/α,β-unsaturated/α-hetero) is 1. The fourth-order valence-corrected chi connectivity index (χ4v) is 6.90. The van der Waals surface area contributed by atoms with E-state index in [1.54, 1.807) is 41.2 Å². The third-order valence-electron chi connectivity index (χ3n) is 5.86. The molecule has 34 heavy (non-hydrogen) atoms. The summed E-state index contributed by atoms with van der Waals surface area (Å²) in [6, 6.07) is 14.8. The smallest absolute Gasteiger partial charge is 0.267 e. The number of thiophene rings is 1. The Kier molecular flexibility index (Phi) is 6.61. The Morgan fingerprint density at radius 2 is 2.03 bits per heavy atom. The molecule has 2 aromatic heterocycles. The zero-order valence-electron chi connectivity index (χ0n) is 18.7. The zero-order chi connectivity index (χ0) is 23.8. The van der Waals surface area contributed by atoms with Gasteiger partial charge in [0.2, 0.25) is 0 Å². The summed E-state index contributed by atoms with van der Waals surface area (Å²) in [5.74, 6) is 0.785. The number of carbonyl (C=O) groups is 1. The Balaban J connectivity index is 1.55. The number of hydrogen-bond donors (Lipinski definition) is 0. The number of benzene rings is 2. The van der Waals surface area contributed by atoms with E-state index in [4.69, 9.17) is 9.72 Å². The van der Waals surface area contributed by atoms with Gasteiger partial charge in [-0.3, -0.25) is 14.2 Å². The molecule has 2 aromatic carbocycles. The highest BCUT2D eigenvalue weighted by Gasteiger charge is 2.25. The van der Waals surface area contributed by atoms with Crippen LogP contribution in [-0.4, -0.2) is 46.7 Å². The number of methoxy groups -OCH3 is 1. The Bertz CT molecular complexity index is 1450. The average Bonchev–Trinajstić information content (AvgIpc) is 3.20. The number of carbonyl (C=O) groups excluding carboxylic acids is 1. The van der Waals surface area contributed by atoms with Gasteiger partial charge in [-0.25, -0.2) is 4.98 Å². The van der Waals surface area contributed by atoms with Crippen molar-refractivity contribution in [3.05, 3.63) is 79.4 Å². The lowest BCUT2D eigenvalue weighted by molar-refractivity contribution is 0.102. The summed E-state index contributed by atoms with van der Waals surface area (Å²) in [5, 5.41) is 1.24. The number of nitrogens with zero attached hydrogens (tertiary/aromatic N) is 3. The van der Waals surface area contributed by atoms with Crippen molar-refractivity contribution in [3.8, 4) is 11.4 Å². The van der Waals surface area contributed by atoms with Crippen LogP contribution in [0.2, 0.25) is 0 Å². The largest absolute Gasteiger partial charge is 0.496 e. The lowest BCUT2D eigenvalue weighted by Crippen LogP contribution is -2.27. The van der Waals surface area contributed by atoms with Gasteiger partial charge < -0.3 is 9.64 Å². The summed E-state index contributed by atoms with van der Waals surface area (Å²) in [7, 11) is 3.68. The normalized spacial score (nSPS) is 13.7. The minimum Gasteiger partial charge on any atom is -0.496 e. The highest BCUT2D eigenvalue weighted by Crippen LogP contribution is 2.34. The van der Waals surface area contributed by atoms with Crippen LogP contribution in [0.5, 0.6) is 5.75 Å². The van der Waals surface area contributed by atoms with E-state index in [1.807, 2.05) is 30.3 Å². The van der Waals surface area contributed by atoms with Crippen molar-refractivity contribution in [1.29, 1.82) is 0 Å². The number of hydrogen-bond acceptors (Lipinski definition) is 7. The van der Waals surface area contributed by atoms with Crippen molar-refractivity contribution in [2.45, 2.75) is 18.1 Å². The first kappa shape index (κ1) is 23.3. The van der Waals surface area contributed by atoms with Gasteiger partial charge >= 0.3 is 0 Å². The first-order valence-electron chi connectivity index (χ1n) is 10.8.